The number of rotatable bonds is 6. The number of carbonyl (C=O) groups excluding carboxylic acids is 3. The first-order valence-electron chi connectivity index (χ1n) is 9.91. The van der Waals surface area contributed by atoms with Crippen molar-refractivity contribution in [1.82, 2.24) is 15.5 Å². The smallest absolute Gasteiger partial charge is 0.328 e. The van der Waals surface area contributed by atoms with Gasteiger partial charge < -0.3 is 20.6 Å². The van der Waals surface area contributed by atoms with Gasteiger partial charge in [-0.15, -0.1) is 0 Å². The minimum atomic E-state index is -1.36. The molecule has 0 spiro atoms. The second-order valence-corrected chi connectivity index (χ2v) is 8.69. The third-order valence-electron chi connectivity index (χ3n) is 5.17. The van der Waals surface area contributed by atoms with Crippen LogP contribution in [0.5, 0.6) is 0 Å². The lowest BCUT2D eigenvalue weighted by Crippen LogP contribution is -2.48. The molecule has 2 aromatic rings. The van der Waals surface area contributed by atoms with Gasteiger partial charge in [-0.25, -0.2) is 4.79 Å². The van der Waals surface area contributed by atoms with E-state index in [2.05, 4.69) is 10.6 Å². The van der Waals surface area contributed by atoms with Crippen LogP contribution in [0.4, 0.5) is 0 Å². The maximum absolute atomic E-state index is 12.8. The Labute approximate surface area is 204 Å². The third kappa shape index (κ3) is 5.76. The molecule has 1 aliphatic rings. The van der Waals surface area contributed by atoms with Gasteiger partial charge in [0, 0.05) is 37.1 Å². The number of halogens is 3. The minimum Gasteiger partial charge on any atom is -0.480 e. The van der Waals surface area contributed by atoms with Crippen LogP contribution in [0.2, 0.25) is 15.1 Å². The van der Waals surface area contributed by atoms with Crippen LogP contribution >= 0.6 is 34.8 Å². The topological polar surface area (TPSA) is 116 Å². The van der Waals surface area contributed by atoms with Gasteiger partial charge in [-0.05, 0) is 47.9 Å². The summed E-state index contributed by atoms with van der Waals surface area (Å²) in [7, 11) is 0. The van der Waals surface area contributed by atoms with Crippen molar-refractivity contribution in [3.8, 4) is 0 Å². The number of nitrogens with zero attached hydrogens (tertiary/aromatic N) is 1. The van der Waals surface area contributed by atoms with E-state index in [4.69, 9.17) is 34.8 Å². The SMILES string of the molecule is CC(=O)NC[C@H](NC(=O)c1c(Cl)cc2c(c1Cl)CCN(C(=O)c1ccc(Cl)cc1)C2)C(=O)O. The summed E-state index contributed by atoms with van der Waals surface area (Å²) in [4.78, 5) is 49.8. The molecule has 3 N–H and O–H groups in total. The Morgan fingerprint density at radius 2 is 1.79 bits per heavy atom. The molecule has 0 aliphatic carbocycles. The number of nitrogens with one attached hydrogen (secondary N) is 2. The monoisotopic (exact) mass is 511 g/mol. The number of hydrogen-bond donors (Lipinski definition) is 3. The zero-order chi connectivity index (χ0) is 24.3. The number of benzene rings is 2. The van der Waals surface area contributed by atoms with Crippen LogP contribution in [-0.4, -0.2) is 52.8 Å². The molecule has 0 aromatic heterocycles. The number of carbonyl (C=O) groups is 4. The fourth-order valence-corrected chi connectivity index (χ4v) is 4.37. The largest absolute Gasteiger partial charge is 0.480 e. The molecule has 0 unspecified atom stereocenters. The van der Waals surface area contributed by atoms with Crippen LogP contribution < -0.4 is 10.6 Å². The molecule has 0 bridgehead atoms. The molecule has 3 amide bonds. The van der Waals surface area contributed by atoms with Crippen LogP contribution in [-0.2, 0) is 22.6 Å². The first kappa shape index (κ1) is 24.8. The van der Waals surface area contributed by atoms with Crippen molar-refractivity contribution in [2.24, 2.45) is 0 Å². The number of carboxylic acids is 1. The lowest BCUT2D eigenvalue weighted by Gasteiger charge is -2.30. The Morgan fingerprint density at radius 1 is 1.12 bits per heavy atom. The molecule has 11 heteroatoms. The first-order valence-corrected chi connectivity index (χ1v) is 11.0. The third-order valence-corrected chi connectivity index (χ3v) is 6.14. The van der Waals surface area contributed by atoms with E-state index in [-0.39, 0.29) is 34.6 Å². The lowest BCUT2D eigenvalue weighted by molar-refractivity contribution is -0.139. The molecule has 0 saturated heterocycles. The summed E-state index contributed by atoms with van der Waals surface area (Å²) in [5.41, 5.74) is 1.81. The Hall–Kier alpha value is -2.81. The number of carboxylic acid groups (broad SMARTS) is 1. The molecular weight excluding hydrogens is 493 g/mol. The normalized spacial score (nSPS) is 13.6. The lowest BCUT2D eigenvalue weighted by atomic mass is 9.96. The van der Waals surface area contributed by atoms with E-state index in [9.17, 15) is 24.3 Å². The molecule has 0 saturated carbocycles. The van der Waals surface area contributed by atoms with Gasteiger partial charge in [0.25, 0.3) is 11.8 Å². The van der Waals surface area contributed by atoms with Gasteiger partial charge in [0.1, 0.15) is 6.04 Å². The minimum absolute atomic E-state index is 0.0284. The molecule has 174 valence electrons. The number of aliphatic carboxylic acids is 1. The van der Waals surface area contributed by atoms with E-state index in [1.54, 1.807) is 35.2 Å². The average Bonchev–Trinajstić information content (AvgIpc) is 2.75. The Balaban J connectivity index is 1.81. The Morgan fingerprint density at radius 3 is 2.39 bits per heavy atom. The summed E-state index contributed by atoms with van der Waals surface area (Å²) in [6.45, 7) is 1.56. The van der Waals surface area contributed by atoms with Crippen LogP contribution in [0.1, 0.15) is 38.8 Å². The molecule has 8 nitrogen and oxygen atoms in total. The van der Waals surface area contributed by atoms with Crippen molar-refractivity contribution >= 4 is 58.5 Å². The van der Waals surface area contributed by atoms with Crippen molar-refractivity contribution in [2.45, 2.75) is 25.9 Å². The summed E-state index contributed by atoms with van der Waals surface area (Å²) in [5.74, 6) is -2.70. The van der Waals surface area contributed by atoms with Gasteiger partial charge in [-0.2, -0.15) is 0 Å². The van der Waals surface area contributed by atoms with Gasteiger partial charge in [0.2, 0.25) is 5.91 Å². The first-order chi connectivity index (χ1) is 15.6. The highest BCUT2D eigenvalue weighted by Crippen LogP contribution is 2.35. The predicted octanol–water partition coefficient (Wildman–Crippen LogP) is 3.16. The maximum Gasteiger partial charge on any atom is 0.328 e. The Kier molecular flexibility index (Phi) is 7.84. The zero-order valence-electron chi connectivity index (χ0n) is 17.5. The summed E-state index contributed by atoms with van der Waals surface area (Å²) in [6.07, 6.45) is 0.388. The predicted molar refractivity (Wildman–Crippen MR) is 124 cm³/mol. The van der Waals surface area contributed by atoms with Crippen LogP contribution in [0.3, 0.4) is 0 Å². The molecular formula is C22H20Cl3N3O5. The maximum atomic E-state index is 12.8. The second kappa shape index (κ2) is 10.4. The Bertz CT molecular complexity index is 1120. The molecule has 33 heavy (non-hydrogen) atoms. The highest BCUT2D eigenvalue weighted by atomic mass is 35.5. The second-order valence-electron chi connectivity index (χ2n) is 7.47. The van der Waals surface area contributed by atoms with E-state index < -0.39 is 23.8 Å². The van der Waals surface area contributed by atoms with Gasteiger partial charge in [0.05, 0.1) is 15.6 Å². The van der Waals surface area contributed by atoms with Crippen molar-refractivity contribution < 1.29 is 24.3 Å². The summed E-state index contributed by atoms with van der Waals surface area (Å²) >= 11 is 18.7. The molecule has 1 aliphatic heterocycles. The van der Waals surface area contributed by atoms with Gasteiger partial charge >= 0.3 is 5.97 Å². The number of fused-ring (bicyclic) bond motifs is 1. The average molecular weight is 513 g/mol. The van der Waals surface area contributed by atoms with E-state index in [0.29, 0.717) is 34.7 Å². The highest BCUT2D eigenvalue weighted by molar-refractivity contribution is 6.40. The summed E-state index contributed by atoms with van der Waals surface area (Å²) in [5, 5.41) is 14.7. The van der Waals surface area contributed by atoms with Gasteiger partial charge in [-0.1, -0.05) is 34.8 Å². The van der Waals surface area contributed by atoms with Gasteiger partial charge in [0.15, 0.2) is 0 Å². The molecule has 0 fully saturated rings. The van der Waals surface area contributed by atoms with E-state index in [1.807, 2.05) is 0 Å². The van der Waals surface area contributed by atoms with Gasteiger partial charge in [-0.3, -0.25) is 14.4 Å². The molecule has 1 atom stereocenters. The van der Waals surface area contributed by atoms with Crippen molar-refractivity contribution in [1.29, 1.82) is 0 Å². The van der Waals surface area contributed by atoms with E-state index >= 15 is 0 Å². The van der Waals surface area contributed by atoms with Crippen LogP contribution in [0.25, 0.3) is 0 Å². The quantitative estimate of drug-likeness (QED) is 0.550. The van der Waals surface area contributed by atoms with Crippen molar-refractivity contribution in [3.63, 3.8) is 0 Å². The summed E-state index contributed by atoms with van der Waals surface area (Å²) < 4.78 is 0. The summed E-state index contributed by atoms with van der Waals surface area (Å²) in [6, 6.07) is 6.77. The number of amides is 3. The zero-order valence-corrected chi connectivity index (χ0v) is 19.7. The van der Waals surface area contributed by atoms with E-state index in [1.165, 1.54) is 6.92 Å². The highest BCUT2D eigenvalue weighted by Gasteiger charge is 2.29. The number of hydrogen-bond acceptors (Lipinski definition) is 4. The molecule has 2 aromatic carbocycles. The van der Waals surface area contributed by atoms with E-state index in [0.717, 1.165) is 0 Å². The fraction of sp³-hybridized carbons (Fsp3) is 0.273. The standard InChI is InChI=1S/C22H20Cl3N3O5/c1-11(29)26-9-17(22(32)33)27-20(30)18-16(24)8-13-10-28(7-6-15(13)19(18)25)21(31)12-2-4-14(23)5-3-12/h2-5,8,17H,6-7,9-10H2,1H3,(H,26,29)(H,27,30)(H,32,33)/t17-/m0/s1. The van der Waals surface area contributed by atoms with Crippen molar-refractivity contribution in [2.75, 3.05) is 13.1 Å². The van der Waals surface area contributed by atoms with Crippen molar-refractivity contribution in [3.05, 3.63) is 67.7 Å². The molecule has 0 radical (unpaired) electrons. The fourth-order valence-electron chi connectivity index (χ4n) is 3.48. The van der Waals surface area contributed by atoms with Crippen LogP contribution in [0.15, 0.2) is 30.3 Å². The molecule has 3 rings (SSSR count). The molecule has 1 heterocycles. The van der Waals surface area contributed by atoms with Crippen LogP contribution in [0, 0.1) is 0 Å².